The van der Waals surface area contributed by atoms with Crippen LogP contribution in [0.5, 0.6) is 0 Å². The van der Waals surface area contributed by atoms with Crippen molar-refractivity contribution < 1.29 is 18.0 Å². The van der Waals surface area contributed by atoms with E-state index in [0.717, 1.165) is 12.1 Å². The molecule has 1 amide bonds. The highest BCUT2D eigenvalue weighted by Gasteiger charge is 2.15. The van der Waals surface area contributed by atoms with Gasteiger partial charge in [0.15, 0.2) is 5.82 Å². The molecule has 0 radical (unpaired) electrons. The summed E-state index contributed by atoms with van der Waals surface area (Å²) in [6, 6.07) is 8.73. The molecule has 25 heavy (non-hydrogen) atoms. The molecule has 0 spiro atoms. The first-order valence-corrected chi connectivity index (χ1v) is 7.35. The fraction of sp³-hybridized carbons (Fsp3) is 0.118. The molecule has 0 saturated heterocycles. The minimum absolute atomic E-state index is 0.131. The number of amides is 1. The van der Waals surface area contributed by atoms with Gasteiger partial charge in [-0.25, -0.2) is 17.9 Å². The van der Waals surface area contributed by atoms with Gasteiger partial charge in [-0.3, -0.25) is 4.79 Å². The number of hydrogen-bond acceptors (Lipinski definition) is 3. The first-order valence-electron chi connectivity index (χ1n) is 7.35. The second-order valence-corrected chi connectivity index (χ2v) is 5.38. The van der Waals surface area contributed by atoms with Crippen molar-refractivity contribution in [2.45, 2.75) is 13.5 Å². The monoisotopic (exact) mass is 346 g/mol. The molecule has 3 aromatic rings. The van der Waals surface area contributed by atoms with Gasteiger partial charge in [0, 0.05) is 17.2 Å². The van der Waals surface area contributed by atoms with Crippen LogP contribution in [0.3, 0.4) is 0 Å². The molecule has 128 valence electrons. The number of hydrogen-bond donors (Lipinski definition) is 1. The van der Waals surface area contributed by atoms with E-state index in [1.54, 1.807) is 25.1 Å². The average Bonchev–Trinajstić information content (AvgIpc) is 2.89. The number of nitrogens with one attached hydrogen (secondary N) is 1. The lowest BCUT2D eigenvalue weighted by Gasteiger charge is -2.06. The minimum atomic E-state index is -0.856. The molecule has 0 aliphatic carbocycles. The molecular formula is C17H13F3N4O. The standard InChI is InChI=1S/C17H13F3N4O/c1-10-16(21-17(25)12-6-13(18)8-14(19)7-12)22-23-24(10)9-11-4-2-3-5-15(11)20/h2-8H,9H2,1H3,(H,21,25). The summed E-state index contributed by atoms with van der Waals surface area (Å²) in [6.07, 6.45) is 0. The maximum atomic E-state index is 13.7. The Hall–Kier alpha value is -3.16. The van der Waals surface area contributed by atoms with Crippen LogP contribution in [0.2, 0.25) is 0 Å². The summed E-state index contributed by atoms with van der Waals surface area (Å²) in [5.41, 5.74) is 0.717. The van der Waals surface area contributed by atoms with Crippen molar-refractivity contribution in [2.24, 2.45) is 0 Å². The van der Waals surface area contributed by atoms with E-state index in [1.165, 1.54) is 10.7 Å². The molecule has 3 rings (SSSR count). The van der Waals surface area contributed by atoms with Crippen molar-refractivity contribution in [3.8, 4) is 0 Å². The predicted molar refractivity (Wildman–Crippen MR) is 84.6 cm³/mol. The maximum absolute atomic E-state index is 13.7. The summed E-state index contributed by atoms with van der Waals surface area (Å²) < 4.78 is 41.5. The van der Waals surface area contributed by atoms with Gasteiger partial charge in [0.25, 0.3) is 5.91 Å². The van der Waals surface area contributed by atoms with Crippen molar-refractivity contribution in [3.05, 3.63) is 76.7 Å². The second-order valence-electron chi connectivity index (χ2n) is 5.38. The molecule has 0 unspecified atom stereocenters. The average molecular weight is 346 g/mol. The third-order valence-electron chi connectivity index (χ3n) is 3.62. The largest absolute Gasteiger partial charge is 0.303 e. The van der Waals surface area contributed by atoms with E-state index in [2.05, 4.69) is 15.6 Å². The number of rotatable bonds is 4. The number of anilines is 1. The van der Waals surface area contributed by atoms with E-state index >= 15 is 0 Å². The van der Waals surface area contributed by atoms with Gasteiger partial charge in [-0.15, -0.1) is 5.10 Å². The van der Waals surface area contributed by atoms with Crippen LogP contribution >= 0.6 is 0 Å². The Kier molecular flexibility index (Phi) is 4.51. The summed E-state index contributed by atoms with van der Waals surface area (Å²) >= 11 is 0. The third-order valence-corrected chi connectivity index (χ3v) is 3.62. The van der Waals surface area contributed by atoms with Gasteiger partial charge in [0.2, 0.25) is 0 Å². The smallest absolute Gasteiger partial charge is 0.257 e. The summed E-state index contributed by atoms with van der Waals surface area (Å²) in [4.78, 5) is 12.1. The highest BCUT2D eigenvalue weighted by Crippen LogP contribution is 2.16. The molecule has 0 aliphatic heterocycles. The molecule has 1 aromatic heterocycles. The van der Waals surface area contributed by atoms with Gasteiger partial charge in [-0.1, -0.05) is 23.4 Å². The Labute approximate surface area is 141 Å². The van der Waals surface area contributed by atoms with Crippen LogP contribution in [0.15, 0.2) is 42.5 Å². The van der Waals surface area contributed by atoms with Crippen LogP contribution in [0.1, 0.15) is 21.6 Å². The zero-order chi connectivity index (χ0) is 18.0. The first kappa shape index (κ1) is 16.7. The van der Waals surface area contributed by atoms with E-state index in [0.29, 0.717) is 17.3 Å². The Morgan fingerprint density at radius 3 is 2.48 bits per heavy atom. The topological polar surface area (TPSA) is 59.8 Å². The van der Waals surface area contributed by atoms with Gasteiger partial charge < -0.3 is 5.32 Å². The highest BCUT2D eigenvalue weighted by atomic mass is 19.1. The molecule has 0 atom stereocenters. The van der Waals surface area contributed by atoms with Gasteiger partial charge in [-0.05, 0) is 25.1 Å². The van der Waals surface area contributed by atoms with Crippen molar-refractivity contribution in [1.82, 2.24) is 15.0 Å². The van der Waals surface area contributed by atoms with E-state index in [1.807, 2.05) is 0 Å². The number of carbonyl (C=O) groups is 1. The van der Waals surface area contributed by atoms with E-state index in [-0.39, 0.29) is 23.7 Å². The molecule has 0 saturated carbocycles. The Morgan fingerprint density at radius 1 is 1.12 bits per heavy atom. The van der Waals surface area contributed by atoms with E-state index in [4.69, 9.17) is 0 Å². The van der Waals surface area contributed by atoms with Crippen LogP contribution in [0.25, 0.3) is 0 Å². The van der Waals surface area contributed by atoms with E-state index < -0.39 is 17.5 Å². The Balaban J connectivity index is 1.79. The fourth-order valence-corrected chi connectivity index (χ4v) is 2.28. The Morgan fingerprint density at radius 2 is 1.80 bits per heavy atom. The lowest BCUT2D eigenvalue weighted by molar-refractivity contribution is 0.102. The molecule has 5 nitrogen and oxygen atoms in total. The minimum Gasteiger partial charge on any atom is -0.303 e. The molecule has 0 fully saturated rings. The quantitative estimate of drug-likeness (QED) is 0.788. The van der Waals surface area contributed by atoms with Crippen LogP contribution in [0, 0.1) is 24.4 Å². The summed E-state index contributed by atoms with van der Waals surface area (Å²) in [5.74, 6) is -2.68. The first-order chi connectivity index (χ1) is 11.9. The van der Waals surface area contributed by atoms with E-state index in [9.17, 15) is 18.0 Å². The van der Waals surface area contributed by atoms with Gasteiger partial charge in [0.05, 0.1) is 12.2 Å². The van der Waals surface area contributed by atoms with Gasteiger partial charge in [0.1, 0.15) is 17.5 Å². The molecule has 1 heterocycles. The van der Waals surface area contributed by atoms with Crippen LogP contribution in [-0.2, 0) is 6.54 Å². The van der Waals surface area contributed by atoms with Crippen LogP contribution < -0.4 is 5.32 Å². The fourth-order valence-electron chi connectivity index (χ4n) is 2.28. The van der Waals surface area contributed by atoms with Crippen molar-refractivity contribution in [1.29, 1.82) is 0 Å². The lowest BCUT2D eigenvalue weighted by atomic mass is 10.2. The predicted octanol–water partition coefficient (Wildman–Crippen LogP) is 3.30. The van der Waals surface area contributed by atoms with Gasteiger partial charge >= 0.3 is 0 Å². The maximum Gasteiger partial charge on any atom is 0.257 e. The lowest BCUT2D eigenvalue weighted by Crippen LogP contribution is -2.14. The van der Waals surface area contributed by atoms with Crippen LogP contribution in [-0.4, -0.2) is 20.9 Å². The normalized spacial score (nSPS) is 10.7. The van der Waals surface area contributed by atoms with Crippen molar-refractivity contribution >= 4 is 11.7 Å². The molecule has 1 N–H and O–H groups in total. The summed E-state index contributed by atoms with van der Waals surface area (Å²) in [5, 5.41) is 10.1. The highest BCUT2D eigenvalue weighted by molar-refractivity contribution is 6.03. The second kappa shape index (κ2) is 6.76. The number of nitrogens with zero attached hydrogens (tertiary/aromatic N) is 3. The molecule has 0 bridgehead atoms. The number of carbonyl (C=O) groups excluding carboxylic acids is 1. The summed E-state index contributed by atoms with van der Waals surface area (Å²) in [7, 11) is 0. The summed E-state index contributed by atoms with van der Waals surface area (Å²) in [6.45, 7) is 1.78. The number of benzene rings is 2. The Bertz CT molecular complexity index is 919. The van der Waals surface area contributed by atoms with Gasteiger partial charge in [-0.2, -0.15) is 0 Å². The van der Waals surface area contributed by atoms with Crippen molar-refractivity contribution in [3.63, 3.8) is 0 Å². The zero-order valence-electron chi connectivity index (χ0n) is 13.1. The molecular weight excluding hydrogens is 333 g/mol. The van der Waals surface area contributed by atoms with Crippen LogP contribution in [0.4, 0.5) is 19.0 Å². The molecule has 0 aliphatic rings. The number of aromatic nitrogens is 3. The molecule has 2 aromatic carbocycles. The number of halogens is 3. The molecule has 8 heteroatoms. The zero-order valence-corrected chi connectivity index (χ0v) is 13.1. The third kappa shape index (κ3) is 3.68. The SMILES string of the molecule is Cc1c(NC(=O)c2cc(F)cc(F)c2)nnn1Cc1ccccc1F. The van der Waals surface area contributed by atoms with Crippen molar-refractivity contribution in [2.75, 3.05) is 5.32 Å².